The molecule has 38 heavy (non-hydrogen) atoms. The summed E-state index contributed by atoms with van der Waals surface area (Å²) in [5, 5.41) is 62.9. The highest BCUT2D eigenvalue weighted by Crippen LogP contribution is 2.47. The molecule has 0 unspecified atom stereocenters. The van der Waals surface area contributed by atoms with E-state index in [1.807, 2.05) is 30.3 Å². The van der Waals surface area contributed by atoms with Crippen LogP contribution in [0.4, 0.5) is 11.4 Å². The van der Waals surface area contributed by atoms with Gasteiger partial charge in [-0.15, -0.1) is 0 Å². The Balaban J connectivity index is 1.66. The third-order valence-corrected chi connectivity index (χ3v) is 6.95. The lowest BCUT2D eigenvalue weighted by molar-refractivity contribution is -0.274. The summed E-state index contributed by atoms with van der Waals surface area (Å²) >= 11 is 0. The first-order valence-electron chi connectivity index (χ1n) is 12.3. The molecule has 0 aliphatic carbocycles. The quantitative estimate of drug-likeness (QED) is 0.227. The van der Waals surface area contributed by atoms with E-state index in [1.54, 1.807) is 25.1 Å². The molecule has 0 spiro atoms. The predicted octanol–water partition coefficient (Wildman–Crippen LogP) is -0.266. The van der Waals surface area contributed by atoms with Crippen molar-refractivity contribution in [1.82, 2.24) is 0 Å². The fourth-order valence-electron chi connectivity index (χ4n) is 4.75. The number of aliphatic hydroxyl groups is 6. The lowest BCUT2D eigenvalue weighted by atomic mass is 9.82. The molecule has 2 heterocycles. The van der Waals surface area contributed by atoms with Crippen molar-refractivity contribution in [3.05, 3.63) is 71.8 Å². The zero-order valence-electron chi connectivity index (χ0n) is 20.7. The van der Waals surface area contributed by atoms with Crippen molar-refractivity contribution in [3.63, 3.8) is 0 Å². The zero-order chi connectivity index (χ0) is 27.6. The van der Waals surface area contributed by atoms with E-state index in [9.17, 15) is 35.1 Å². The van der Waals surface area contributed by atoms with E-state index in [-0.39, 0.29) is 24.4 Å². The molecule has 204 valence electrons. The molecule has 7 atom stereocenters. The topological polar surface area (TPSA) is 180 Å². The van der Waals surface area contributed by atoms with E-state index in [0.717, 1.165) is 5.56 Å². The third-order valence-electron chi connectivity index (χ3n) is 6.95. The summed E-state index contributed by atoms with van der Waals surface area (Å²) in [6.07, 6.45) is -5.30. The van der Waals surface area contributed by atoms with Gasteiger partial charge in [0.05, 0.1) is 12.2 Å². The maximum absolute atomic E-state index is 13.7. The highest BCUT2D eigenvalue weighted by Gasteiger charge is 2.53. The fourth-order valence-corrected chi connectivity index (χ4v) is 4.75. The lowest BCUT2D eigenvalue weighted by Gasteiger charge is -2.37. The summed E-state index contributed by atoms with van der Waals surface area (Å²) in [7, 11) is 0. The molecular weight excluding hydrogens is 496 g/mol. The molecule has 4 rings (SSSR count). The van der Waals surface area contributed by atoms with E-state index in [0.29, 0.717) is 12.1 Å². The van der Waals surface area contributed by atoms with Crippen molar-refractivity contribution in [2.75, 3.05) is 16.8 Å². The van der Waals surface area contributed by atoms with Crippen LogP contribution in [-0.4, -0.2) is 79.8 Å². The number of nitrogens with zero attached hydrogens (tertiary/aromatic N) is 1. The van der Waals surface area contributed by atoms with Crippen LogP contribution in [0.5, 0.6) is 0 Å². The van der Waals surface area contributed by atoms with Crippen molar-refractivity contribution < 1.29 is 45.0 Å². The monoisotopic (exact) mass is 528 g/mol. The second kappa shape index (κ2) is 11.3. The summed E-state index contributed by atoms with van der Waals surface area (Å²) in [5.74, 6) is -2.15. The second-order valence-corrected chi connectivity index (χ2v) is 9.51. The summed E-state index contributed by atoms with van der Waals surface area (Å²) in [5.41, 5.74) is -0.269. The van der Waals surface area contributed by atoms with Crippen LogP contribution in [0.1, 0.15) is 24.5 Å². The van der Waals surface area contributed by atoms with Gasteiger partial charge in [0.1, 0.15) is 18.3 Å². The molecule has 0 radical (unpaired) electrons. The molecule has 2 aromatic rings. The summed E-state index contributed by atoms with van der Waals surface area (Å²) in [4.78, 5) is 28.0. The Bertz CT molecular complexity index is 1190. The number of anilines is 2. The van der Waals surface area contributed by atoms with Gasteiger partial charge in [-0.25, -0.2) is 0 Å². The van der Waals surface area contributed by atoms with Crippen molar-refractivity contribution in [2.24, 2.45) is 5.92 Å². The Morgan fingerprint density at radius 1 is 1.11 bits per heavy atom. The molecule has 0 aromatic heterocycles. The van der Waals surface area contributed by atoms with E-state index >= 15 is 0 Å². The molecule has 0 bridgehead atoms. The highest BCUT2D eigenvalue weighted by atomic mass is 16.6. The first kappa shape index (κ1) is 27.9. The Labute approximate surface area is 219 Å². The van der Waals surface area contributed by atoms with Gasteiger partial charge < -0.3 is 45.6 Å². The minimum absolute atomic E-state index is 0.0853. The van der Waals surface area contributed by atoms with Gasteiger partial charge in [-0.2, -0.15) is 0 Å². The van der Waals surface area contributed by atoms with Crippen molar-refractivity contribution in [2.45, 2.75) is 56.2 Å². The molecule has 11 nitrogen and oxygen atoms in total. The normalized spacial score (nSPS) is 29.9. The number of carbonyl (C=O) groups excluding carboxylic acids is 2. The molecule has 11 heteroatoms. The van der Waals surface area contributed by atoms with Gasteiger partial charge in [0.25, 0.3) is 11.8 Å². The number of benzene rings is 2. The lowest BCUT2D eigenvalue weighted by Crippen LogP contribution is -2.60. The van der Waals surface area contributed by atoms with Crippen molar-refractivity contribution >= 4 is 23.2 Å². The second-order valence-electron chi connectivity index (χ2n) is 9.51. The number of carbonyl (C=O) groups is 2. The molecule has 0 saturated carbocycles. The molecular formula is C27H32N2O9. The average Bonchev–Trinajstić information content (AvgIpc) is 3.12. The summed E-state index contributed by atoms with van der Waals surface area (Å²) in [6.45, 7) is 1.79. The first-order valence-corrected chi connectivity index (χ1v) is 12.3. The molecule has 2 aromatic carbocycles. The van der Waals surface area contributed by atoms with Crippen LogP contribution in [0, 0.1) is 5.92 Å². The van der Waals surface area contributed by atoms with Crippen molar-refractivity contribution in [1.29, 1.82) is 0 Å². The molecule has 1 fully saturated rings. The number of rotatable bonds is 8. The largest absolute Gasteiger partial charge is 0.396 e. The predicted molar refractivity (Wildman–Crippen MR) is 136 cm³/mol. The summed E-state index contributed by atoms with van der Waals surface area (Å²) in [6, 6.07) is 13.8. The van der Waals surface area contributed by atoms with Crippen LogP contribution >= 0.6 is 0 Å². The molecule has 7 N–H and O–H groups in total. The number of hydrogen-bond acceptors (Lipinski definition) is 9. The summed E-state index contributed by atoms with van der Waals surface area (Å²) < 4.78 is 4.98. The van der Waals surface area contributed by atoms with Crippen LogP contribution in [0.2, 0.25) is 0 Å². The van der Waals surface area contributed by atoms with Gasteiger partial charge in [-0.05, 0) is 30.2 Å². The van der Waals surface area contributed by atoms with Gasteiger partial charge in [0, 0.05) is 23.8 Å². The zero-order valence-corrected chi connectivity index (χ0v) is 20.7. The van der Waals surface area contributed by atoms with Gasteiger partial charge in [0.15, 0.2) is 18.0 Å². The van der Waals surface area contributed by atoms with Crippen LogP contribution in [-0.2, 0) is 26.5 Å². The van der Waals surface area contributed by atoms with Gasteiger partial charge in [-0.3, -0.25) is 9.59 Å². The average molecular weight is 529 g/mol. The van der Waals surface area contributed by atoms with Crippen molar-refractivity contribution in [3.8, 4) is 0 Å². The van der Waals surface area contributed by atoms with Crippen LogP contribution in [0.25, 0.3) is 0 Å². The van der Waals surface area contributed by atoms with E-state index in [4.69, 9.17) is 9.84 Å². The van der Waals surface area contributed by atoms with Gasteiger partial charge in [-0.1, -0.05) is 49.4 Å². The fraction of sp³-hybridized carbons (Fsp3) is 0.407. The molecule has 2 amide bonds. The minimum atomic E-state index is -1.98. The van der Waals surface area contributed by atoms with Gasteiger partial charge in [0.2, 0.25) is 0 Å². The van der Waals surface area contributed by atoms with Crippen LogP contribution < -0.4 is 10.2 Å². The Morgan fingerprint density at radius 2 is 1.82 bits per heavy atom. The smallest absolute Gasteiger partial charge is 0.264 e. The Hall–Kier alpha value is -3.16. The van der Waals surface area contributed by atoms with E-state index < -0.39 is 54.0 Å². The third kappa shape index (κ3) is 5.09. The Morgan fingerprint density at radius 3 is 2.50 bits per heavy atom. The number of amides is 2. The Kier molecular flexibility index (Phi) is 8.28. The first-order chi connectivity index (χ1) is 18.1. The van der Waals surface area contributed by atoms with E-state index in [1.165, 1.54) is 17.0 Å². The number of ether oxygens (including phenoxy) is 1. The van der Waals surface area contributed by atoms with Crippen LogP contribution in [0.15, 0.2) is 60.7 Å². The van der Waals surface area contributed by atoms with Gasteiger partial charge >= 0.3 is 0 Å². The van der Waals surface area contributed by atoms with E-state index in [2.05, 4.69) is 5.32 Å². The number of nitrogens with one attached hydrogen (secondary N) is 1. The van der Waals surface area contributed by atoms with Crippen LogP contribution in [0.3, 0.4) is 0 Å². The number of aliphatic hydroxyl groups excluding tert-OH is 5. The minimum Gasteiger partial charge on any atom is -0.396 e. The molecule has 1 saturated heterocycles. The standard InChI is InChI=1S/C27H32N2O9/c1-15(7-5-6-12-30)27(37)18-13-17(28-24(34)23-21(32)20(31)22(33)25(35)38-23)10-11-19(18)29(26(27)36)14-16-8-3-2-4-9-16/h2-5,7-11,13,15,20-23,25,30-33,35,37H,6,12,14H2,1H3,(H,28,34)/b7-5+/t15-,20-,21-,22+,23-,25+,27+/m0/s1. The number of hydrogen-bond donors (Lipinski definition) is 7. The highest BCUT2D eigenvalue weighted by molar-refractivity contribution is 6.08. The molecule has 2 aliphatic rings. The SMILES string of the molecule is C[C@@H](/C=C/CCO)[C@]1(O)C(=O)N(Cc2ccccc2)c2ccc(NC(=O)[C@H]3O[C@@H](O)[C@H](O)[C@@H](O)[C@@H]3O)cc21. The maximum Gasteiger partial charge on any atom is 0.264 e. The maximum atomic E-state index is 13.7. The molecule has 2 aliphatic heterocycles. The number of fused-ring (bicyclic) bond motifs is 1.